The van der Waals surface area contributed by atoms with Crippen molar-refractivity contribution in [2.45, 2.75) is 24.8 Å². The van der Waals surface area contributed by atoms with E-state index < -0.39 is 23.6 Å². The summed E-state index contributed by atoms with van der Waals surface area (Å²) in [5.74, 6) is -1.17. The molecule has 6 nitrogen and oxygen atoms in total. The number of amides is 1. The van der Waals surface area contributed by atoms with Gasteiger partial charge in [0.05, 0.1) is 24.0 Å². The molecule has 2 heterocycles. The number of hydrogen-bond donors (Lipinski definition) is 2. The van der Waals surface area contributed by atoms with Crippen LogP contribution in [0.3, 0.4) is 0 Å². The summed E-state index contributed by atoms with van der Waals surface area (Å²) in [4.78, 5) is 17.1. The second kappa shape index (κ2) is 6.73. The van der Waals surface area contributed by atoms with Crippen molar-refractivity contribution in [2.75, 3.05) is 6.61 Å². The lowest BCUT2D eigenvalue weighted by Crippen LogP contribution is -2.32. The van der Waals surface area contributed by atoms with Gasteiger partial charge in [0, 0.05) is 23.7 Å². The van der Waals surface area contributed by atoms with Crippen LogP contribution in [0.1, 0.15) is 45.8 Å². The average molecular weight is 396 g/mol. The van der Waals surface area contributed by atoms with Crippen LogP contribution in [0.5, 0.6) is 0 Å². The molecule has 2 N–H and O–H groups in total. The average Bonchev–Trinajstić information content (AvgIpc) is 3.23. The maximum atomic E-state index is 14.4. The Morgan fingerprint density at radius 2 is 2.17 bits per heavy atom. The Kier molecular flexibility index (Phi) is 4.16. The molecule has 3 aromatic rings. The van der Waals surface area contributed by atoms with Crippen LogP contribution < -0.4 is 5.32 Å². The minimum atomic E-state index is -0.729. The molecule has 8 heteroatoms. The number of halogens is 2. The third-order valence-corrected chi connectivity index (χ3v) is 5.65. The van der Waals surface area contributed by atoms with Crippen LogP contribution >= 0.6 is 0 Å². The zero-order valence-electron chi connectivity index (χ0n) is 15.3. The number of aromatic nitrogens is 3. The number of rotatable bonds is 5. The number of aliphatic hydroxyl groups is 1. The fourth-order valence-electron chi connectivity index (χ4n) is 4.16. The van der Waals surface area contributed by atoms with Gasteiger partial charge in [0.25, 0.3) is 5.91 Å². The molecule has 2 aromatic heterocycles. The predicted molar refractivity (Wildman–Crippen MR) is 99.6 cm³/mol. The summed E-state index contributed by atoms with van der Waals surface area (Å²) in [6.07, 6.45) is 3.27. The van der Waals surface area contributed by atoms with Gasteiger partial charge in [0.15, 0.2) is 11.5 Å². The van der Waals surface area contributed by atoms with E-state index in [-0.39, 0.29) is 23.9 Å². The number of nitrogens with zero attached hydrogens (tertiary/aromatic N) is 3. The fourth-order valence-corrected chi connectivity index (χ4v) is 4.16. The molecule has 0 radical (unpaired) electrons. The van der Waals surface area contributed by atoms with Crippen LogP contribution in [0.4, 0.5) is 8.78 Å². The summed E-state index contributed by atoms with van der Waals surface area (Å²) in [7, 11) is 0. The first-order chi connectivity index (χ1) is 14.1. The van der Waals surface area contributed by atoms with E-state index in [4.69, 9.17) is 0 Å². The van der Waals surface area contributed by atoms with Crippen LogP contribution in [0, 0.1) is 17.6 Å². The maximum Gasteiger partial charge on any atom is 0.272 e. The highest BCUT2D eigenvalue weighted by molar-refractivity contribution is 5.94. The molecule has 2 aliphatic carbocycles. The number of aliphatic hydroxyl groups excluding tert-OH is 1. The smallest absolute Gasteiger partial charge is 0.272 e. The van der Waals surface area contributed by atoms with Gasteiger partial charge in [-0.3, -0.25) is 9.78 Å². The SMILES string of the molecule is O=C(N[C@H](CO)c1ccccn1)c1nn(-c2ccc(F)cc2F)c2c1C[C@H]1C[C@@H]21. The lowest BCUT2D eigenvalue weighted by atomic mass is 10.1. The number of fused-ring (bicyclic) bond motifs is 3. The van der Waals surface area contributed by atoms with E-state index in [9.17, 15) is 18.7 Å². The largest absolute Gasteiger partial charge is 0.394 e. The summed E-state index contributed by atoms with van der Waals surface area (Å²) in [5.41, 5.74) is 2.49. The van der Waals surface area contributed by atoms with Crippen LogP contribution in [-0.2, 0) is 6.42 Å². The van der Waals surface area contributed by atoms with Crippen LogP contribution in [0.15, 0.2) is 42.6 Å². The van der Waals surface area contributed by atoms with Gasteiger partial charge in [-0.05, 0) is 43.0 Å². The van der Waals surface area contributed by atoms with Gasteiger partial charge in [0.2, 0.25) is 0 Å². The van der Waals surface area contributed by atoms with Crippen molar-refractivity contribution in [3.8, 4) is 5.69 Å². The van der Waals surface area contributed by atoms with Crippen molar-refractivity contribution >= 4 is 5.91 Å². The molecule has 1 amide bonds. The topological polar surface area (TPSA) is 80.0 Å². The van der Waals surface area contributed by atoms with Crippen molar-refractivity contribution in [2.24, 2.45) is 5.92 Å². The zero-order valence-corrected chi connectivity index (χ0v) is 15.3. The Bertz CT molecular complexity index is 1100. The number of nitrogens with one attached hydrogen (secondary N) is 1. The van der Waals surface area contributed by atoms with Crippen molar-refractivity contribution in [3.05, 3.63) is 76.9 Å². The summed E-state index contributed by atoms with van der Waals surface area (Å²) in [5, 5.41) is 16.9. The van der Waals surface area contributed by atoms with Crippen LogP contribution in [0.2, 0.25) is 0 Å². The monoisotopic (exact) mass is 396 g/mol. The highest BCUT2D eigenvalue weighted by Gasteiger charge is 2.50. The first-order valence-corrected chi connectivity index (χ1v) is 9.46. The fraction of sp³-hybridized carbons (Fsp3) is 0.286. The Balaban J connectivity index is 1.51. The van der Waals surface area contributed by atoms with E-state index in [1.54, 1.807) is 24.4 Å². The maximum absolute atomic E-state index is 14.4. The quantitative estimate of drug-likeness (QED) is 0.695. The van der Waals surface area contributed by atoms with Gasteiger partial charge in [-0.15, -0.1) is 0 Å². The number of pyridine rings is 1. The molecule has 148 valence electrons. The van der Waals surface area contributed by atoms with Gasteiger partial charge in [-0.25, -0.2) is 13.5 Å². The number of hydrogen-bond acceptors (Lipinski definition) is 4. The summed E-state index contributed by atoms with van der Waals surface area (Å²) >= 11 is 0. The summed E-state index contributed by atoms with van der Waals surface area (Å²) in [6, 6.07) is 7.88. The van der Waals surface area contributed by atoms with Gasteiger partial charge in [0.1, 0.15) is 11.5 Å². The normalized spacial score (nSPS) is 20.1. The van der Waals surface area contributed by atoms with Gasteiger partial charge < -0.3 is 10.4 Å². The number of benzene rings is 1. The molecule has 29 heavy (non-hydrogen) atoms. The van der Waals surface area contributed by atoms with Crippen molar-refractivity contribution < 1.29 is 18.7 Å². The molecule has 1 fully saturated rings. The van der Waals surface area contributed by atoms with Crippen molar-refractivity contribution in [1.29, 1.82) is 0 Å². The van der Waals surface area contributed by atoms with Crippen molar-refractivity contribution in [1.82, 2.24) is 20.1 Å². The lowest BCUT2D eigenvalue weighted by Gasteiger charge is -2.15. The predicted octanol–water partition coefficient (Wildman–Crippen LogP) is 2.67. The van der Waals surface area contributed by atoms with E-state index in [0.29, 0.717) is 18.0 Å². The Hall–Kier alpha value is -3.13. The molecule has 3 atom stereocenters. The molecular formula is C21H18F2N4O2. The number of carbonyl (C=O) groups excluding carboxylic acids is 1. The van der Waals surface area contributed by atoms with Gasteiger partial charge in [-0.1, -0.05) is 6.07 Å². The van der Waals surface area contributed by atoms with Crippen molar-refractivity contribution in [3.63, 3.8) is 0 Å². The van der Waals surface area contributed by atoms with Gasteiger partial charge >= 0.3 is 0 Å². The molecule has 1 aromatic carbocycles. The minimum absolute atomic E-state index is 0.123. The molecule has 5 rings (SSSR count). The third-order valence-electron chi connectivity index (χ3n) is 5.65. The molecular weight excluding hydrogens is 378 g/mol. The Labute approximate surface area is 165 Å². The van der Waals surface area contributed by atoms with Crippen LogP contribution in [0.25, 0.3) is 5.69 Å². The second-order valence-electron chi connectivity index (χ2n) is 7.49. The van der Waals surface area contributed by atoms with E-state index >= 15 is 0 Å². The van der Waals surface area contributed by atoms with E-state index in [2.05, 4.69) is 15.4 Å². The highest BCUT2D eigenvalue weighted by atomic mass is 19.1. The summed E-state index contributed by atoms with van der Waals surface area (Å²) < 4.78 is 29.2. The number of carbonyl (C=O) groups is 1. The molecule has 0 unspecified atom stereocenters. The molecule has 0 bridgehead atoms. The lowest BCUT2D eigenvalue weighted by molar-refractivity contribution is 0.0908. The minimum Gasteiger partial charge on any atom is -0.394 e. The van der Waals surface area contributed by atoms with E-state index in [0.717, 1.165) is 23.7 Å². The Morgan fingerprint density at radius 3 is 2.90 bits per heavy atom. The first-order valence-electron chi connectivity index (χ1n) is 9.46. The summed E-state index contributed by atoms with van der Waals surface area (Å²) in [6.45, 7) is -0.316. The van der Waals surface area contributed by atoms with E-state index in [1.165, 1.54) is 16.8 Å². The van der Waals surface area contributed by atoms with Gasteiger partial charge in [-0.2, -0.15) is 5.10 Å². The molecule has 2 aliphatic rings. The van der Waals surface area contributed by atoms with E-state index in [1.807, 2.05) is 0 Å². The second-order valence-corrected chi connectivity index (χ2v) is 7.49. The third kappa shape index (κ3) is 3.00. The highest BCUT2D eigenvalue weighted by Crippen LogP contribution is 2.57. The molecule has 0 spiro atoms. The zero-order chi connectivity index (χ0) is 20.1. The molecule has 0 saturated heterocycles. The van der Waals surface area contributed by atoms with Crippen LogP contribution in [-0.4, -0.2) is 32.4 Å². The Morgan fingerprint density at radius 1 is 1.31 bits per heavy atom. The standard InChI is InChI=1S/C21H18F2N4O2/c22-12-4-5-18(15(23)9-12)27-20-13-7-11(13)8-14(20)19(26-27)21(29)25-17(10-28)16-3-1-2-6-24-16/h1-6,9,11,13,17,28H,7-8,10H2,(H,25,29)/t11-,13-,17-/m1/s1. The molecule has 1 saturated carbocycles. The molecule has 0 aliphatic heterocycles. The first kappa shape index (κ1) is 17.9.